The van der Waals surface area contributed by atoms with Gasteiger partial charge in [0.15, 0.2) is 18.8 Å². The number of aliphatic hydroxyl groups is 10. The normalized spacial score (nSPS) is 27.2. The number of aliphatic hydroxyl groups excluding tert-OH is 10. The summed E-state index contributed by atoms with van der Waals surface area (Å²) in [6.45, 7) is 4.59. The Bertz CT molecular complexity index is 3560. The molecule has 4 heterocycles. The second kappa shape index (κ2) is 66.6. The minimum Gasteiger partial charge on any atom is -0.396 e. The van der Waals surface area contributed by atoms with Crippen molar-refractivity contribution in [2.75, 3.05) is 125 Å². The van der Waals surface area contributed by atoms with E-state index in [2.05, 4.69) is 58.5 Å². The minimum absolute atomic E-state index is 0.0502. The fraction of sp³-hybridized carbons (Fsp3) is 0.864. The highest BCUT2D eigenvalue weighted by atomic mass is 31.2. The van der Waals surface area contributed by atoms with Gasteiger partial charge in [0.25, 0.3) is 0 Å². The van der Waals surface area contributed by atoms with Gasteiger partial charge < -0.3 is 166 Å². The molecule has 1 aliphatic carbocycles. The van der Waals surface area contributed by atoms with Crippen LogP contribution < -0.4 is 58.5 Å². The Balaban J connectivity index is 1.17. The molecule has 0 aromatic carbocycles. The van der Waals surface area contributed by atoms with E-state index in [0.717, 1.165) is 39.2 Å². The lowest BCUT2D eigenvalue weighted by Crippen LogP contribution is -2.69. The van der Waals surface area contributed by atoms with Crippen LogP contribution in [0.5, 0.6) is 0 Å². The van der Waals surface area contributed by atoms with Crippen LogP contribution in [0.1, 0.15) is 227 Å². The largest absolute Gasteiger partial charge is 0.396 e. The Labute approximate surface area is 790 Å². The van der Waals surface area contributed by atoms with Crippen molar-refractivity contribution in [2.45, 2.75) is 355 Å². The van der Waals surface area contributed by atoms with Gasteiger partial charge in [0, 0.05) is 170 Å². The Kier molecular flexibility index (Phi) is 58.5. The van der Waals surface area contributed by atoms with Crippen molar-refractivity contribution in [1.29, 1.82) is 0 Å². The molecule has 0 radical (unpaired) electrons. The smallest absolute Gasteiger partial charge is 0.327 e. The van der Waals surface area contributed by atoms with Gasteiger partial charge in [0.1, 0.15) is 79.2 Å². The SMILES string of the molecule is COP(=O)(O)CC[C@@H]1C[C@@H](O)CN1C(=O)CCCCCCCCCCC(=O)N[C@@H]1O[C@H](COCCC(=O)NCCCCNC(=O)CCCCO[C@@H]2O[C@H](CO)[C@H](O)[C@H](O)[C@H]2NC(C)=O)[C@@H](OCCC(=O)NCCCCNC(=O)CCCCO[C@@H]2C[C@H](CO)[C@H](O)[C@H](O)[C@H]2NC(C)=O)[C@H](OCCC(=O)NCCCCNC(=O)CCCCO[C@@H]2O[C@H](CO)[C@H](O)[C@H](O)C2NC(C)=O)[C@H]1NC(C)=O. The third-order valence-corrected chi connectivity index (χ3v) is 25.4. The van der Waals surface area contributed by atoms with Crippen LogP contribution in [-0.2, 0) is 109 Å². The quantitative estimate of drug-likeness (QED) is 0.0207. The molecule has 5 rings (SSSR count). The summed E-state index contributed by atoms with van der Waals surface area (Å²) >= 11 is 0. The third kappa shape index (κ3) is 46.3. The van der Waals surface area contributed by atoms with Crippen molar-refractivity contribution in [1.82, 2.24) is 63.4 Å². The summed E-state index contributed by atoms with van der Waals surface area (Å²) in [5.74, 6) is -5.04. The van der Waals surface area contributed by atoms with Gasteiger partial charge in [-0.3, -0.25) is 62.1 Å². The molecule has 1 saturated carbocycles. The molecule has 0 aromatic rings. The number of nitrogens with one attached hydrogen (secondary N) is 11. The highest BCUT2D eigenvalue weighted by molar-refractivity contribution is 7.52. The van der Waals surface area contributed by atoms with E-state index in [0.29, 0.717) is 122 Å². The minimum atomic E-state index is -3.78. The Morgan fingerprint density at radius 1 is 0.370 bits per heavy atom. The van der Waals surface area contributed by atoms with Gasteiger partial charge in [-0.05, 0) is 109 Å². The summed E-state index contributed by atoms with van der Waals surface area (Å²) in [7, 11) is -2.63. The number of amides is 12. The molecule has 4 aliphatic heterocycles. The average Bonchev–Trinajstić information content (AvgIpc) is 1.46. The number of carbonyl (C=O) groups excluding carboxylic acids is 12. The number of hydrogen-bond donors (Lipinski definition) is 22. The summed E-state index contributed by atoms with van der Waals surface area (Å²) in [5, 5.41) is 133. The zero-order valence-electron chi connectivity index (χ0n) is 79.1. The van der Waals surface area contributed by atoms with E-state index in [9.17, 15) is 118 Å². The fourth-order valence-corrected chi connectivity index (χ4v) is 17.3. The first-order chi connectivity index (χ1) is 64.6. The number of rotatable bonds is 69. The molecular formula is C88H157N12O34P. The van der Waals surface area contributed by atoms with Gasteiger partial charge in [-0.1, -0.05) is 38.5 Å². The second-order valence-corrected chi connectivity index (χ2v) is 37.2. The molecule has 778 valence electrons. The Hall–Kier alpha value is -6.97. The number of likely N-dealkylation sites (tertiary alicyclic amines) is 1. The molecule has 23 atom stereocenters. The maximum Gasteiger partial charge on any atom is 0.327 e. The van der Waals surface area contributed by atoms with Crippen LogP contribution in [0.25, 0.3) is 0 Å². The van der Waals surface area contributed by atoms with Gasteiger partial charge >= 0.3 is 7.60 Å². The van der Waals surface area contributed by atoms with E-state index in [1.54, 1.807) is 4.90 Å². The first-order valence-electron chi connectivity index (χ1n) is 48.0. The zero-order valence-corrected chi connectivity index (χ0v) is 79.9. The van der Waals surface area contributed by atoms with Crippen LogP contribution in [0, 0.1) is 5.92 Å². The lowest BCUT2D eigenvalue weighted by atomic mass is 9.79. The van der Waals surface area contributed by atoms with E-state index in [-0.39, 0.29) is 185 Å². The molecule has 0 spiro atoms. The van der Waals surface area contributed by atoms with Crippen LogP contribution in [-0.4, -0.2) is 385 Å². The Morgan fingerprint density at radius 3 is 1.18 bits per heavy atom. The highest BCUT2D eigenvalue weighted by Gasteiger charge is 2.51. The van der Waals surface area contributed by atoms with Crippen molar-refractivity contribution in [2.24, 2.45) is 5.92 Å². The molecule has 46 nitrogen and oxygen atoms in total. The zero-order chi connectivity index (χ0) is 99.2. The third-order valence-electron chi connectivity index (χ3n) is 24.0. The summed E-state index contributed by atoms with van der Waals surface area (Å²) in [6.07, 6.45) is -6.95. The highest BCUT2D eigenvalue weighted by Crippen LogP contribution is 2.43. The summed E-state index contributed by atoms with van der Waals surface area (Å²) in [4.78, 5) is 166. The number of ether oxygens (including phenoxy) is 9. The van der Waals surface area contributed by atoms with Crippen LogP contribution in [0.2, 0.25) is 0 Å². The molecule has 47 heteroatoms. The number of hydrogen-bond acceptors (Lipinski definition) is 33. The van der Waals surface area contributed by atoms with Gasteiger partial charge in [-0.25, -0.2) is 0 Å². The van der Waals surface area contributed by atoms with E-state index in [4.69, 9.17) is 47.2 Å². The molecule has 22 N–H and O–H groups in total. The van der Waals surface area contributed by atoms with Crippen molar-refractivity contribution in [3.8, 4) is 0 Å². The number of carbonyl (C=O) groups is 12. The average molecular weight is 1960 g/mol. The topological polar surface area (TPSA) is 672 Å². The maximum atomic E-state index is 14.1. The number of β-amino-alcohol motifs (C(OH)–C–C–N with tert-alkyl or cyclic N) is 1. The molecule has 0 aromatic heterocycles. The van der Waals surface area contributed by atoms with Gasteiger partial charge in [-0.15, -0.1) is 0 Å². The lowest BCUT2D eigenvalue weighted by Gasteiger charge is -2.46. The van der Waals surface area contributed by atoms with E-state index in [1.807, 2.05) is 0 Å². The summed E-state index contributed by atoms with van der Waals surface area (Å²) in [6, 6.07) is -4.63. The molecule has 135 heavy (non-hydrogen) atoms. The predicted molar refractivity (Wildman–Crippen MR) is 482 cm³/mol. The number of unbranched alkanes of at least 4 members (excludes halogenated alkanes) is 13. The van der Waals surface area contributed by atoms with Gasteiger partial charge in [0.2, 0.25) is 70.9 Å². The van der Waals surface area contributed by atoms with E-state index < -0.39 is 190 Å². The van der Waals surface area contributed by atoms with Crippen LogP contribution in [0.3, 0.4) is 0 Å². The molecule has 5 fully saturated rings. The maximum absolute atomic E-state index is 14.1. The molecule has 12 amide bonds. The van der Waals surface area contributed by atoms with Crippen molar-refractivity contribution < 1.29 is 165 Å². The molecular weight excluding hydrogens is 1800 g/mol. The summed E-state index contributed by atoms with van der Waals surface area (Å²) < 4.78 is 71.2. The second-order valence-electron chi connectivity index (χ2n) is 35.1. The first kappa shape index (κ1) is 119. The van der Waals surface area contributed by atoms with Crippen LogP contribution in [0.15, 0.2) is 0 Å². The first-order valence-corrected chi connectivity index (χ1v) is 49.7. The molecule has 0 bridgehead atoms. The summed E-state index contributed by atoms with van der Waals surface area (Å²) in [5.41, 5.74) is 0. The van der Waals surface area contributed by atoms with Gasteiger partial charge in [0.05, 0.1) is 70.2 Å². The molecule has 2 unspecified atom stereocenters. The standard InChI is InChI=1S/C88H157N12O34P/c1-55(104)95-74-62(48-59(51-101)78(117)81(74)120)127-41-23-14-26-66(109)89-36-18-21-39-93-70(113)32-45-128-84-65(54-126-44-31-69(112)92-38-20-17-35-90-67(110)27-15-24-42-130-87-75(96-56(2)105)82(121)79(118)63(52-102)133-87)132-86(99-72(115)29-12-10-8-6-7-9-11-13-30-73(116)100-50-61(108)49-60(100)34-47-135(123,124)125-5)77(98-58(4)107)85(84)129-46-33-71(114)94-40-22-19-37-91-68(111)28-16-25-43-131-88-76(97-57(3)106)83(122)80(119)64(53-103)134-88/h59-65,74-88,101-103,108,117-122H,6-54H2,1-5H3,(H,89,109)(H,90,110)(H,91,111)(H,92,112)(H,93,113)(H,94,114)(H,95,104)(H,96,105)(H,97,106)(H,98,107)(H,99,115)(H,123,124)/t59-,60-,61-,62-,63-,64-,65-,74+,75-,76?,77-,78+,79+,80+,81-,82-,83-,84-,85-,86-,87-,88-/m1/s1. The van der Waals surface area contributed by atoms with E-state index in [1.165, 1.54) is 27.7 Å². The van der Waals surface area contributed by atoms with E-state index >= 15 is 0 Å². The van der Waals surface area contributed by atoms with Crippen molar-refractivity contribution in [3.63, 3.8) is 0 Å². The lowest BCUT2D eigenvalue weighted by molar-refractivity contribution is -0.270. The predicted octanol–water partition coefficient (Wildman–Crippen LogP) is -3.53. The Morgan fingerprint density at radius 2 is 0.748 bits per heavy atom. The fourth-order valence-electron chi connectivity index (χ4n) is 16.5. The monoisotopic (exact) mass is 1960 g/mol. The van der Waals surface area contributed by atoms with Crippen molar-refractivity contribution >= 4 is 78.5 Å². The van der Waals surface area contributed by atoms with Gasteiger partial charge in [-0.2, -0.15) is 0 Å². The van der Waals surface area contributed by atoms with Crippen LogP contribution in [0.4, 0.5) is 0 Å². The molecule has 5 aliphatic rings. The van der Waals surface area contributed by atoms with Crippen LogP contribution >= 0.6 is 7.60 Å². The van der Waals surface area contributed by atoms with Crippen molar-refractivity contribution in [3.05, 3.63) is 0 Å². The number of nitrogens with zero attached hydrogens (tertiary/aromatic N) is 1. The molecule has 4 saturated heterocycles.